The molecule has 3 aromatic carbocycles. The molecule has 1 amide bonds. The monoisotopic (exact) mass is 533 g/mol. The molecule has 5 nitrogen and oxygen atoms in total. The summed E-state index contributed by atoms with van der Waals surface area (Å²) < 4.78 is 5.35. The number of ether oxygens (including phenoxy) is 1. The number of rotatable bonds is 9. The molecule has 0 aliphatic carbocycles. The van der Waals surface area contributed by atoms with Crippen LogP contribution in [0.3, 0.4) is 0 Å². The van der Waals surface area contributed by atoms with Crippen molar-refractivity contribution >= 4 is 22.4 Å². The minimum atomic E-state index is -0.745. The van der Waals surface area contributed by atoms with Crippen molar-refractivity contribution < 1.29 is 9.53 Å². The van der Waals surface area contributed by atoms with Crippen molar-refractivity contribution in [2.24, 2.45) is 5.41 Å². The van der Waals surface area contributed by atoms with Crippen molar-refractivity contribution in [1.82, 2.24) is 9.97 Å². The fourth-order valence-corrected chi connectivity index (χ4v) is 5.58. The first-order chi connectivity index (χ1) is 18.9. The van der Waals surface area contributed by atoms with Gasteiger partial charge in [0.25, 0.3) is 0 Å². The molecule has 6 heteroatoms. The van der Waals surface area contributed by atoms with Crippen molar-refractivity contribution in [2.75, 3.05) is 12.4 Å². The van der Waals surface area contributed by atoms with Gasteiger partial charge in [0.15, 0.2) is 5.13 Å². The number of thiazole rings is 1. The maximum atomic E-state index is 13.7. The first-order valence-corrected chi connectivity index (χ1v) is 13.8. The maximum Gasteiger partial charge on any atom is 0.232 e. The van der Waals surface area contributed by atoms with Gasteiger partial charge in [-0.1, -0.05) is 80.6 Å². The molecule has 0 saturated carbocycles. The second-order valence-electron chi connectivity index (χ2n) is 10.0. The maximum absolute atomic E-state index is 13.7. The minimum absolute atomic E-state index is 0.0743. The number of hydrogen-bond acceptors (Lipinski definition) is 5. The molecule has 0 aliphatic heterocycles. The average molecular weight is 534 g/mol. The largest absolute Gasteiger partial charge is 0.497 e. The smallest absolute Gasteiger partial charge is 0.232 e. The van der Waals surface area contributed by atoms with Gasteiger partial charge in [-0.3, -0.25) is 9.78 Å². The number of carbonyl (C=O) groups is 1. The summed E-state index contributed by atoms with van der Waals surface area (Å²) in [7, 11) is 1.65. The van der Waals surface area contributed by atoms with E-state index in [0.29, 0.717) is 11.6 Å². The van der Waals surface area contributed by atoms with Gasteiger partial charge in [0.1, 0.15) is 5.75 Å². The number of amides is 1. The average Bonchev–Trinajstić information content (AvgIpc) is 3.41. The van der Waals surface area contributed by atoms with Gasteiger partial charge in [0.05, 0.1) is 18.2 Å². The van der Waals surface area contributed by atoms with Crippen LogP contribution in [0.15, 0.2) is 109 Å². The molecule has 1 N–H and O–H groups in total. The van der Waals surface area contributed by atoms with Crippen LogP contribution >= 0.6 is 11.3 Å². The Morgan fingerprint density at radius 1 is 0.872 bits per heavy atom. The molecule has 196 valence electrons. The summed E-state index contributed by atoms with van der Waals surface area (Å²) in [5.74, 6) is 0.563. The van der Waals surface area contributed by atoms with E-state index in [4.69, 9.17) is 9.72 Å². The lowest BCUT2D eigenvalue weighted by molar-refractivity contribution is -0.124. The summed E-state index contributed by atoms with van der Waals surface area (Å²) in [4.78, 5) is 22.5. The number of pyridine rings is 1. The first kappa shape index (κ1) is 26.3. The van der Waals surface area contributed by atoms with E-state index in [9.17, 15) is 4.79 Å². The molecular weight excluding hydrogens is 502 g/mol. The summed E-state index contributed by atoms with van der Waals surface area (Å²) in [5.41, 5.74) is 5.78. The number of benzene rings is 3. The quantitative estimate of drug-likeness (QED) is 0.212. The predicted octanol–water partition coefficient (Wildman–Crippen LogP) is 7.60. The van der Waals surface area contributed by atoms with Gasteiger partial charge in [-0.15, -0.1) is 11.3 Å². The van der Waals surface area contributed by atoms with E-state index in [-0.39, 0.29) is 11.8 Å². The molecule has 2 aromatic heterocycles. The first-order valence-electron chi connectivity index (χ1n) is 12.9. The zero-order chi connectivity index (χ0) is 27.2. The van der Waals surface area contributed by atoms with Gasteiger partial charge in [-0.25, -0.2) is 4.98 Å². The van der Waals surface area contributed by atoms with Crippen molar-refractivity contribution in [3.63, 3.8) is 0 Å². The van der Waals surface area contributed by atoms with Gasteiger partial charge < -0.3 is 10.1 Å². The summed E-state index contributed by atoms with van der Waals surface area (Å²) >= 11 is 1.45. The molecule has 1 atom stereocenters. The Kier molecular flexibility index (Phi) is 7.84. The topological polar surface area (TPSA) is 64.1 Å². The molecule has 0 unspecified atom stereocenters. The summed E-state index contributed by atoms with van der Waals surface area (Å²) in [5, 5.41) is 5.72. The summed E-state index contributed by atoms with van der Waals surface area (Å²) in [6.45, 7) is 3.98. The molecule has 39 heavy (non-hydrogen) atoms. The standard InChI is InChI=1S/C33H31N3O2S/c1-33(2,30(26-7-5-4-6-8-26)27-13-15-29(38-3)16-14-27)31(37)36-32-35-28(22-39-32)21-23-9-11-24(12-10-23)25-17-19-34-20-18-25/h4-20,22,30H,21H2,1-3H3,(H,35,36,37)/t30-/m1/s1. The van der Waals surface area contributed by atoms with E-state index in [0.717, 1.165) is 33.7 Å². The van der Waals surface area contributed by atoms with Gasteiger partial charge in [-0.05, 0) is 52.1 Å². The molecule has 0 radical (unpaired) electrons. The molecular formula is C33H31N3O2S. The van der Waals surface area contributed by atoms with Gasteiger partial charge in [0.2, 0.25) is 5.91 Å². The number of carbonyl (C=O) groups excluding carboxylic acids is 1. The molecule has 5 aromatic rings. The van der Waals surface area contributed by atoms with Crippen LogP contribution in [0.4, 0.5) is 5.13 Å². The van der Waals surface area contributed by atoms with Crippen LogP contribution in [0.1, 0.15) is 42.1 Å². The second kappa shape index (κ2) is 11.6. The molecule has 0 spiro atoms. The van der Waals surface area contributed by atoms with Crippen LogP contribution in [0.25, 0.3) is 11.1 Å². The van der Waals surface area contributed by atoms with Gasteiger partial charge >= 0.3 is 0 Å². The molecule has 5 rings (SSSR count). The molecule has 0 aliphatic rings. The molecule has 0 saturated heterocycles. The number of hydrogen-bond donors (Lipinski definition) is 1. The Labute approximate surface area is 233 Å². The summed E-state index contributed by atoms with van der Waals surface area (Å²) in [6, 6.07) is 30.6. The van der Waals surface area contributed by atoms with Crippen LogP contribution in [-0.2, 0) is 11.2 Å². The number of nitrogens with one attached hydrogen (secondary N) is 1. The van der Waals surface area contributed by atoms with Crippen LogP contribution in [0.2, 0.25) is 0 Å². The van der Waals surface area contributed by atoms with E-state index in [1.165, 1.54) is 16.9 Å². The van der Waals surface area contributed by atoms with E-state index in [2.05, 4.69) is 46.7 Å². The van der Waals surface area contributed by atoms with Crippen LogP contribution in [0.5, 0.6) is 5.75 Å². The second-order valence-corrected chi connectivity index (χ2v) is 10.9. The highest BCUT2D eigenvalue weighted by molar-refractivity contribution is 7.13. The fraction of sp³-hybridized carbons (Fsp3) is 0.182. The van der Waals surface area contributed by atoms with Crippen molar-refractivity contribution in [1.29, 1.82) is 0 Å². The lowest BCUT2D eigenvalue weighted by Crippen LogP contribution is -2.37. The van der Waals surface area contributed by atoms with Crippen molar-refractivity contribution in [3.8, 4) is 16.9 Å². The number of methoxy groups -OCH3 is 1. The van der Waals surface area contributed by atoms with Crippen LogP contribution in [-0.4, -0.2) is 23.0 Å². The van der Waals surface area contributed by atoms with E-state index >= 15 is 0 Å². The third-order valence-corrected chi connectivity index (χ3v) is 7.82. The number of nitrogens with zero attached hydrogens (tertiary/aromatic N) is 2. The van der Waals surface area contributed by atoms with Crippen molar-refractivity contribution in [3.05, 3.63) is 131 Å². The van der Waals surface area contributed by atoms with Gasteiger partial charge in [-0.2, -0.15) is 0 Å². The Balaban J connectivity index is 1.31. The lowest BCUT2D eigenvalue weighted by atomic mass is 9.70. The molecule has 0 bridgehead atoms. The normalized spacial score (nSPS) is 12.1. The number of anilines is 1. The third-order valence-electron chi connectivity index (χ3n) is 7.01. The highest BCUT2D eigenvalue weighted by Gasteiger charge is 2.39. The summed E-state index contributed by atoms with van der Waals surface area (Å²) in [6.07, 6.45) is 4.30. The minimum Gasteiger partial charge on any atom is -0.497 e. The van der Waals surface area contributed by atoms with Crippen LogP contribution < -0.4 is 10.1 Å². The highest BCUT2D eigenvalue weighted by Crippen LogP contribution is 2.42. The Bertz CT molecular complexity index is 1510. The zero-order valence-electron chi connectivity index (χ0n) is 22.3. The molecule has 2 heterocycles. The number of aromatic nitrogens is 2. The Morgan fingerprint density at radius 2 is 1.51 bits per heavy atom. The lowest BCUT2D eigenvalue weighted by Gasteiger charge is -2.33. The van der Waals surface area contributed by atoms with E-state index < -0.39 is 5.41 Å². The fourth-order valence-electron chi connectivity index (χ4n) is 4.87. The van der Waals surface area contributed by atoms with Gasteiger partial charge in [0, 0.05) is 30.1 Å². The van der Waals surface area contributed by atoms with Crippen molar-refractivity contribution in [2.45, 2.75) is 26.2 Å². The Morgan fingerprint density at radius 3 is 2.18 bits per heavy atom. The van der Waals surface area contributed by atoms with Crippen LogP contribution in [0, 0.1) is 5.41 Å². The molecule has 0 fully saturated rings. The van der Waals surface area contributed by atoms with E-state index in [1.807, 2.05) is 73.8 Å². The zero-order valence-corrected chi connectivity index (χ0v) is 23.1. The predicted molar refractivity (Wildman–Crippen MR) is 158 cm³/mol. The van der Waals surface area contributed by atoms with E-state index in [1.54, 1.807) is 19.5 Å². The SMILES string of the molecule is COc1ccc([C@@H](c2ccccc2)C(C)(C)C(=O)Nc2nc(Cc3ccc(-c4ccncc4)cc3)cs2)cc1. The Hall–Kier alpha value is -4.29. The third kappa shape index (κ3) is 6.07. The highest BCUT2D eigenvalue weighted by atomic mass is 32.1.